The van der Waals surface area contributed by atoms with Gasteiger partial charge in [-0.2, -0.15) is 0 Å². The van der Waals surface area contributed by atoms with E-state index in [1.165, 1.54) is 0 Å². The Morgan fingerprint density at radius 3 is 2.81 bits per heavy atom. The maximum absolute atomic E-state index is 12.8. The molecule has 1 aliphatic carbocycles. The lowest BCUT2D eigenvalue weighted by atomic mass is 9.90. The van der Waals surface area contributed by atoms with Crippen LogP contribution in [0.4, 0.5) is 0 Å². The van der Waals surface area contributed by atoms with Crippen molar-refractivity contribution in [3.63, 3.8) is 0 Å². The molecule has 1 atom stereocenters. The molecule has 26 heavy (non-hydrogen) atoms. The number of carbonyl (C=O) groups excluding carboxylic acids is 2. The van der Waals surface area contributed by atoms with Crippen molar-refractivity contribution in [3.8, 4) is 0 Å². The second kappa shape index (κ2) is 8.30. The summed E-state index contributed by atoms with van der Waals surface area (Å²) in [5, 5.41) is 3.66. The molecule has 5 heteroatoms. The predicted octanol–water partition coefficient (Wildman–Crippen LogP) is 3.58. The van der Waals surface area contributed by atoms with Gasteiger partial charge in [0, 0.05) is 17.1 Å². The van der Waals surface area contributed by atoms with Crippen LogP contribution in [0.2, 0.25) is 0 Å². The molecule has 0 aliphatic heterocycles. The van der Waals surface area contributed by atoms with Gasteiger partial charge in [-0.05, 0) is 50.7 Å². The highest BCUT2D eigenvalue weighted by Crippen LogP contribution is 2.29. The smallest absolute Gasteiger partial charge is 0.339 e. The van der Waals surface area contributed by atoms with Gasteiger partial charge in [0.1, 0.15) is 0 Å². The lowest BCUT2D eigenvalue weighted by molar-refractivity contribution is -0.124. The minimum Gasteiger partial charge on any atom is -0.452 e. The molecule has 0 spiro atoms. The van der Waals surface area contributed by atoms with Crippen molar-refractivity contribution >= 4 is 22.8 Å². The zero-order valence-corrected chi connectivity index (χ0v) is 15.5. The Labute approximate surface area is 154 Å². The Balaban J connectivity index is 1.80. The maximum atomic E-state index is 12.8. The summed E-state index contributed by atoms with van der Waals surface area (Å²) in [5.74, 6) is -0.688. The van der Waals surface area contributed by atoms with Crippen molar-refractivity contribution in [3.05, 3.63) is 41.1 Å². The highest BCUT2D eigenvalue weighted by molar-refractivity contribution is 6.05. The molecular weight excluding hydrogens is 328 g/mol. The second-order valence-electron chi connectivity index (χ2n) is 6.97. The van der Waals surface area contributed by atoms with Crippen LogP contribution in [0, 0.1) is 0 Å². The van der Waals surface area contributed by atoms with Gasteiger partial charge in [-0.15, -0.1) is 0 Å². The van der Waals surface area contributed by atoms with Crippen LogP contribution < -0.4 is 5.32 Å². The van der Waals surface area contributed by atoms with E-state index in [0.29, 0.717) is 5.56 Å². The number of pyridine rings is 1. The van der Waals surface area contributed by atoms with E-state index in [1.807, 2.05) is 31.2 Å². The van der Waals surface area contributed by atoms with Crippen LogP contribution in [-0.4, -0.2) is 29.5 Å². The summed E-state index contributed by atoms with van der Waals surface area (Å²) in [6, 6.07) is 7.72. The Morgan fingerprint density at radius 2 is 2.00 bits per heavy atom. The third-order valence-corrected chi connectivity index (χ3v) is 4.84. The van der Waals surface area contributed by atoms with E-state index in [-0.39, 0.29) is 18.6 Å². The first-order valence-electron chi connectivity index (χ1n) is 9.47. The third kappa shape index (κ3) is 4.03. The predicted molar refractivity (Wildman–Crippen MR) is 101 cm³/mol. The topological polar surface area (TPSA) is 68.3 Å². The quantitative estimate of drug-likeness (QED) is 0.805. The average Bonchev–Trinajstić information content (AvgIpc) is 2.64. The summed E-state index contributed by atoms with van der Waals surface area (Å²) in [5.41, 5.74) is 3.36. The molecule has 1 aromatic heterocycles. The van der Waals surface area contributed by atoms with Crippen LogP contribution in [0.1, 0.15) is 61.1 Å². The number of rotatable bonds is 6. The number of fused-ring (bicyclic) bond motifs is 2. The normalized spacial score (nSPS) is 14.5. The molecule has 2 aromatic rings. The Kier molecular flexibility index (Phi) is 5.86. The highest BCUT2D eigenvalue weighted by Gasteiger charge is 2.24. The first-order valence-corrected chi connectivity index (χ1v) is 9.47. The first-order chi connectivity index (χ1) is 12.6. The van der Waals surface area contributed by atoms with E-state index in [4.69, 9.17) is 9.72 Å². The molecule has 0 saturated heterocycles. The lowest BCUT2D eigenvalue weighted by Gasteiger charge is -2.20. The summed E-state index contributed by atoms with van der Waals surface area (Å²) >= 11 is 0. The van der Waals surface area contributed by atoms with Crippen molar-refractivity contribution in [2.75, 3.05) is 6.61 Å². The monoisotopic (exact) mass is 354 g/mol. The van der Waals surface area contributed by atoms with E-state index in [9.17, 15) is 9.59 Å². The molecule has 138 valence electrons. The van der Waals surface area contributed by atoms with Crippen LogP contribution in [0.5, 0.6) is 0 Å². The number of para-hydroxylation sites is 1. The summed E-state index contributed by atoms with van der Waals surface area (Å²) in [6.07, 6.45) is 5.75. The molecule has 1 aromatic carbocycles. The molecule has 0 unspecified atom stereocenters. The van der Waals surface area contributed by atoms with Crippen molar-refractivity contribution in [2.45, 2.75) is 58.4 Å². The van der Waals surface area contributed by atoms with Gasteiger partial charge in [-0.25, -0.2) is 4.79 Å². The van der Waals surface area contributed by atoms with Crippen molar-refractivity contribution in [1.29, 1.82) is 0 Å². The van der Waals surface area contributed by atoms with Gasteiger partial charge in [0.05, 0.1) is 11.1 Å². The zero-order valence-electron chi connectivity index (χ0n) is 15.5. The lowest BCUT2D eigenvalue weighted by Crippen LogP contribution is -2.35. The Hall–Kier alpha value is -2.43. The molecule has 5 nitrogen and oxygen atoms in total. The van der Waals surface area contributed by atoms with Gasteiger partial charge in [0.2, 0.25) is 0 Å². The molecule has 1 N–H and O–H groups in total. The van der Waals surface area contributed by atoms with E-state index < -0.39 is 5.97 Å². The maximum Gasteiger partial charge on any atom is 0.339 e. The Morgan fingerprint density at radius 1 is 1.23 bits per heavy atom. The van der Waals surface area contributed by atoms with Gasteiger partial charge >= 0.3 is 5.97 Å². The Bertz CT molecular complexity index is 816. The fraction of sp³-hybridized carbons (Fsp3) is 0.476. The fourth-order valence-corrected chi connectivity index (χ4v) is 3.63. The average molecular weight is 354 g/mol. The number of carbonyl (C=O) groups is 2. The molecule has 1 amide bonds. The van der Waals surface area contributed by atoms with Crippen LogP contribution >= 0.6 is 0 Å². The van der Waals surface area contributed by atoms with Gasteiger partial charge in [-0.3, -0.25) is 9.78 Å². The van der Waals surface area contributed by atoms with Crippen LogP contribution in [0.3, 0.4) is 0 Å². The standard InChI is InChI=1S/C21H26N2O3/c1-3-8-14(2)22-19(24)13-26-21(25)20-15-9-4-6-11-17(15)23-18-12-7-5-10-16(18)20/h4,6,9,11,14H,3,5,7-8,10,12-13H2,1-2H3,(H,22,24)/t14-/m1/s1. The van der Waals surface area contributed by atoms with Crippen LogP contribution in [-0.2, 0) is 22.4 Å². The van der Waals surface area contributed by atoms with Crippen molar-refractivity contribution in [1.82, 2.24) is 10.3 Å². The van der Waals surface area contributed by atoms with E-state index in [1.54, 1.807) is 0 Å². The molecule has 0 radical (unpaired) electrons. The summed E-state index contributed by atoms with van der Waals surface area (Å²) in [7, 11) is 0. The number of esters is 1. The second-order valence-corrected chi connectivity index (χ2v) is 6.97. The van der Waals surface area contributed by atoms with E-state index >= 15 is 0 Å². The van der Waals surface area contributed by atoms with Crippen LogP contribution in [0.25, 0.3) is 10.9 Å². The molecular formula is C21H26N2O3. The minimum atomic E-state index is -0.431. The summed E-state index contributed by atoms with van der Waals surface area (Å²) < 4.78 is 5.36. The van der Waals surface area contributed by atoms with Gasteiger partial charge in [0.25, 0.3) is 5.91 Å². The molecule has 1 aliphatic rings. The number of nitrogens with one attached hydrogen (secondary N) is 1. The highest BCUT2D eigenvalue weighted by atomic mass is 16.5. The van der Waals surface area contributed by atoms with Crippen LogP contribution in [0.15, 0.2) is 24.3 Å². The SMILES string of the molecule is CCC[C@@H](C)NC(=O)COC(=O)c1c2c(nc3ccccc13)CCCC2. The number of ether oxygens (including phenoxy) is 1. The van der Waals surface area contributed by atoms with Gasteiger partial charge in [-0.1, -0.05) is 31.5 Å². The van der Waals surface area contributed by atoms with Gasteiger partial charge in [0.15, 0.2) is 6.61 Å². The number of hydrogen-bond acceptors (Lipinski definition) is 4. The number of nitrogens with zero attached hydrogens (tertiary/aromatic N) is 1. The minimum absolute atomic E-state index is 0.0840. The van der Waals surface area contributed by atoms with Gasteiger partial charge < -0.3 is 10.1 Å². The van der Waals surface area contributed by atoms with E-state index in [0.717, 1.165) is 60.7 Å². The third-order valence-electron chi connectivity index (χ3n) is 4.84. The summed E-state index contributed by atoms with van der Waals surface area (Å²) in [6.45, 7) is 3.77. The first kappa shape index (κ1) is 18.4. The molecule has 3 rings (SSSR count). The van der Waals surface area contributed by atoms with E-state index in [2.05, 4.69) is 12.2 Å². The largest absolute Gasteiger partial charge is 0.452 e. The summed E-state index contributed by atoms with van der Waals surface area (Å²) in [4.78, 5) is 29.6. The number of amides is 1. The molecule has 1 heterocycles. The number of aromatic nitrogens is 1. The molecule has 0 bridgehead atoms. The zero-order chi connectivity index (χ0) is 18.5. The molecule has 0 fully saturated rings. The fourth-order valence-electron chi connectivity index (χ4n) is 3.63. The number of benzene rings is 1. The number of hydrogen-bond donors (Lipinski definition) is 1. The molecule has 0 saturated carbocycles. The number of aryl methyl sites for hydroxylation is 1. The van der Waals surface area contributed by atoms with Crippen molar-refractivity contribution < 1.29 is 14.3 Å². The van der Waals surface area contributed by atoms with Crippen molar-refractivity contribution in [2.24, 2.45) is 0 Å².